The number of hydrogen-bond donors (Lipinski definition) is 0. The maximum atomic E-state index is 5.92. The van der Waals surface area contributed by atoms with Crippen molar-refractivity contribution < 1.29 is 18.9 Å². The molecular formula is C22H28O4. The van der Waals surface area contributed by atoms with Gasteiger partial charge in [0.05, 0.1) is 0 Å². The topological polar surface area (TPSA) is 36.9 Å². The Bertz CT molecular complexity index is 649. The van der Waals surface area contributed by atoms with Gasteiger partial charge in [-0.3, -0.25) is 0 Å². The van der Waals surface area contributed by atoms with Gasteiger partial charge in [-0.2, -0.15) is 0 Å². The van der Waals surface area contributed by atoms with E-state index in [1.165, 1.54) is 0 Å². The van der Waals surface area contributed by atoms with Crippen molar-refractivity contribution >= 4 is 0 Å². The minimum absolute atomic E-state index is 0.203. The summed E-state index contributed by atoms with van der Waals surface area (Å²) in [6.07, 6.45) is -0.813. The Kier molecular flexibility index (Phi) is 5.78. The standard InChI is InChI=1S/C22H28O4/c1-13-15-9-7-10-16(13)20(24-4)22(26-6)18-12-8-11-17(14(18)2)21(25-5)19(15)23-3/h7-12,19-22H,1-6H3. The molecule has 0 amide bonds. The maximum Gasteiger partial charge on any atom is 0.113 e. The van der Waals surface area contributed by atoms with Gasteiger partial charge < -0.3 is 18.9 Å². The molecule has 0 spiro atoms. The number of ether oxygens (including phenoxy) is 4. The third kappa shape index (κ3) is 2.97. The van der Waals surface area contributed by atoms with Gasteiger partial charge >= 0.3 is 0 Å². The van der Waals surface area contributed by atoms with Crippen molar-refractivity contribution in [1.82, 2.24) is 0 Å². The van der Waals surface area contributed by atoms with Crippen molar-refractivity contribution in [2.24, 2.45) is 0 Å². The highest BCUT2D eigenvalue weighted by Gasteiger charge is 2.35. The molecule has 0 N–H and O–H groups in total. The molecule has 4 unspecified atom stereocenters. The molecule has 140 valence electrons. The van der Waals surface area contributed by atoms with Crippen LogP contribution in [0.15, 0.2) is 36.4 Å². The van der Waals surface area contributed by atoms with Crippen molar-refractivity contribution in [3.63, 3.8) is 0 Å². The highest BCUT2D eigenvalue weighted by atomic mass is 16.5. The first-order valence-electron chi connectivity index (χ1n) is 8.89. The fourth-order valence-electron chi connectivity index (χ4n) is 4.23. The largest absolute Gasteiger partial charge is 0.374 e. The molecule has 1 aliphatic rings. The summed E-state index contributed by atoms with van der Waals surface area (Å²) in [7, 11) is 6.94. The van der Waals surface area contributed by atoms with E-state index >= 15 is 0 Å². The molecule has 4 atom stereocenters. The van der Waals surface area contributed by atoms with Crippen LogP contribution in [0.1, 0.15) is 57.8 Å². The summed E-state index contributed by atoms with van der Waals surface area (Å²) in [5.74, 6) is 0. The van der Waals surface area contributed by atoms with E-state index in [2.05, 4.69) is 50.2 Å². The lowest BCUT2D eigenvalue weighted by Crippen LogP contribution is -2.23. The molecule has 4 bridgehead atoms. The molecule has 1 aliphatic carbocycles. The van der Waals surface area contributed by atoms with E-state index in [1.54, 1.807) is 28.4 Å². The second-order valence-corrected chi connectivity index (χ2v) is 6.75. The Morgan fingerprint density at radius 3 is 0.923 bits per heavy atom. The predicted molar refractivity (Wildman–Crippen MR) is 101 cm³/mol. The van der Waals surface area contributed by atoms with E-state index in [1.807, 2.05) is 0 Å². The van der Waals surface area contributed by atoms with Gasteiger partial charge in [-0.05, 0) is 47.2 Å². The first-order valence-corrected chi connectivity index (χ1v) is 8.89. The summed E-state index contributed by atoms with van der Waals surface area (Å²) >= 11 is 0. The number of hydrogen-bond acceptors (Lipinski definition) is 4. The molecule has 0 aliphatic heterocycles. The van der Waals surface area contributed by atoms with Crippen molar-refractivity contribution in [2.75, 3.05) is 28.4 Å². The van der Waals surface area contributed by atoms with Crippen LogP contribution in [-0.4, -0.2) is 28.4 Å². The second kappa shape index (κ2) is 7.89. The zero-order valence-corrected chi connectivity index (χ0v) is 16.4. The number of methoxy groups -OCH3 is 4. The minimum atomic E-state index is -0.203. The van der Waals surface area contributed by atoms with Crippen LogP contribution in [0.5, 0.6) is 0 Å². The van der Waals surface area contributed by atoms with Gasteiger partial charge in [0, 0.05) is 28.4 Å². The Labute approximate surface area is 156 Å². The van der Waals surface area contributed by atoms with Gasteiger partial charge in [0.15, 0.2) is 0 Å². The average molecular weight is 356 g/mol. The van der Waals surface area contributed by atoms with Crippen molar-refractivity contribution in [2.45, 2.75) is 38.3 Å². The van der Waals surface area contributed by atoms with Crippen LogP contribution in [0.3, 0.4) is 0 Å². The third-order valence-electron chi connectivity index (χ3n) is 5.63. The van der Waals surface area contributed by atoms with Crippen LogP contribution in [0.2, 0.25) is 0 Å². The van der Waals surface area contributed by atoms with Crippen LogP contribution < -0.4 is 0 Å². The predicted octanol–water partition coefficient (Wildman–Crippen LogP) is 4.77. The van der Waals surface area contributed by atoms with Gasteiger partial charge in [-0.1, -0.05) is 36.4 Å². The summed E-state index contributed by atoms with van der Waals surface area (Å²) < 4.78 is 23.7. The molecule has 4 heteroatoms. The van der Waals surface area contributed by atoms with E-state index in [4.69, 9.17) is 18.9 Å². The lowest BCUT2D eigenvalue weighted by molar-refractivity contribution is -0.0478. The average Bonchev–Trinajstić information content (AvgIpc) is 2.65. The lowest BCUT2D eigenvalue weighted by Gasteiger charge is -2.34. The van der Waals surface area contributed by atoms with E-state index in [0.717, 1.165) is 33.4 Å². The zero-order chi connectivity index (χ0) is 18.8. The molecule has 0 saturated carbocycles. The summed E-state index contributed by atoms with van der Waals surface area (Å²) in [6, 6.07) is 12.5. The molecule has 3 rings (SSSR count). The molecule has 0 aromatic heterocycles. The fourth-order valence-corrected chi connectivity index (χ4v) is 4.23. The van der Waals surface area contributed by atoms with Crippen LogP contribution in [0, 0.1) is 13.8 Å². The van der Waals surface area contributed by atoms with Crippen molar-refractivity contribution in [3.05, 3.63) is 69.8 Å². The summed E-state index contributed by atoms with van der Waals surface area (Å²) in [4.78, 5) is 0. The highest BCUT2D eigenvalue weighted by molar-refractivity contribution is 5.45. The van der Waals surface area contributed by atoms with E-state index in [0.29, 0.717) is 0 Å². The zero-order valence-electron chi connectivity index (χ0n) is 16.4. The van der Waals surface area contributed by atoms with E-state index in [9.17, 15) is 0 Å². The minimum Gasteiger partial charge on any atom is -0.374 e. The first-order chi connectivity index (χ1) is 12.6. The smallest absolute Gasteiger partial charge is 0.113 e. The number of rotatable bonds is 4. The fraction of sp³-hybridized carbons (Fsp3) is 0.455. The van der Waals surface area contributed by atoms with Gasteiger partial charge in [-0.25, -0.2) is 0 Å². The number of fused-ring (bicyclic) bond motifs is 4. The summed E-state index contributed by atoms with van der Waals surface area (Å²) in [5.41, 5.74) is 6.75. The van der Waals surface area contributed by atoms with Crippen LogP contribution in [0.4, 0.5) is 0 Å². The molecule has 2 aromatic carbocycles. The Morgan fingerprint density at radius 2 is 0.731 bits per heavy atom. The second-order valence-electron chi connectivity index (χ2n) is 6.75. The Balaban J connectivity index is 2.35. The quantitative estimate of drug-likeness (QED) is 0.791. The van der Waals surface area contributed by atoms with Crippen LogP contribution in [0.25, 0.3) is 0 Å². The molecule has 26 heavy (non-hydrogen) atoms. The highest BCUT2D eigenvalue weighted by Crippen LogP contribution is 2.45. The SMILES string of the molecule is COC1c2cccc(c2C)C(OC)C(OC)c2cccc(c2C)C1OC. The molecular weight excluding hydrogens is 328 g/mol. The molecule has 4 nitrogen and oxygen atoms in total. The van der Waals surface area contributed by atoms with Gasteiger partial charge in [0.25, 0.3) is 0 Å². The van der Waals surface area contributed by atoms with Gasteiger partial charge in [0.1, 0.15) is 24.4 Å². The lowest BCUT2D eigenvalue weighted by atomic mass is 9.83. The monoisotopic (exact) mass is 356 g/mol. The van der Waals surface area contributed by atoms with Crippen LogP contribution in [-0.2, 0) is 18.9 Å². The van der Waals surface area contributed by atoms with E-state index in [-0.39, 0.29) is 24.4 Å². The molecule has 0 saturated heterocycles. The summed E-state index contributed by atoms with van der Waals surface area (Å²) in [6.45, 7) is 4.23. The molecule has 0 heterocycles. The molecule has 0 fully saturated rings. The van der Waals surface area contributed by atoms with Gasteiger partial charge in [-0.15, -0.1) is 0 Å². The number of benzene rings is 2. The summed E-state index contributed by atoms with van der Waals surface area (Å²) in [5, 5.41) is 0. The molecule has 0 radical (unpaired) electrons. The van der Waals surface area contributed by atoms with E-state index < -0.39 is 0 Å². The van der Waals surface area contributed by atoms with Gasteiger partial charge in [0.2, 0.25) is 0 Å². The van der Waals surface area contributed by atoms with Crippen molar-refractivity contribution in [1.29, 1.82) is 0 Å². The Morgan fingerprint density at radius 1 is 0.500 bits per heavy atom. The molecule has 2 aromatic rings. The Hall–Kier alpha value is -1.72. The normalized spacial score (nSPS) is 25.2. The third-order valence-corrected chi connectivity index (χ3v) is 5.63. The first kappa shape index (κ1) is 19.1. The van der Waals surface area contributed by atoms with Crippen LogP contribution >= 0.6 is 0 Å². The maximum absolute atomic E-state index is 5.92. The van der Waals surface area contributed by atoms with Crippen molar-refractivity contribution in [3.8, 4) is 0 Å².